The lowest BCUT2D eigenvalue weighted by molar-refractivity contribution is 0.621. The minimum Gasteiger partial charge on any atom is -0.371 e. The van der Waals surface area contributed by atoms with Gasteiger partial charge in [-0.3, -0.25) is 0 Å². The highest BCUT2D eigenvalue weighted by atomic mass is 32.2. The number of hydrogen-bond acceptors (Lipinski definition) is 2. The molecule has 19 heavy (non-hydrogen) atoms. The van der Waals surface area contributed by atoms with Gasteiger partial charge in [0.1, 0.15) is 5.82 Å². The Labute approximate surface area is 117 Å². The van der Waals surface area contributed by atoms with Crippen molar-refractivity contribution in [2.75, 3.05) is 18.5 Å². The van der Waals surface area contributed by atoms with Crippen LogP contribution in [-0.4, -0.2) is 18.8 Å². The van der Waals surface area contributed by atoms with Gasteiger partial charge >= 0.3 is 0 Å². The van der Waals surface area contributed by atoms with E-state index in [2.05, 4.69) is 24.3 Å². The summed E-state index contributed by atoms with van der Waals surface area (Å²) < 4.78 is 13.7. The number of nitrogens with zero attached hydrogens (tertiary/aromatic N) is 1. The predicted octanol–water partition coefficient (Wildman–Crippen LogP) is 3.98. The number of halogens is 1. The van der Waals surface area contributed by atoms with Gasteiger partial charge in [0.2, 0.25) is 0 Å². The molecule has 1 nitrogen and oxygen atoms in total. The molecule has 0 aliphatic carbocycles. The highest BCUT2D eigenvalue weighted by Gasteiger charge is 2.23. The Kier molecular flexibility index (Phi) is 3.47. The number of anilines is 1. The number of rotatable bonds is 3. The van der Waals surface area contributed by atoms with E-state index in [1.165, 1.54) is 16.5 Å². The molecule has 0 radical (unpaired) electrons. The molecule has 2 aromatic rings. The summed E-state index contributed by atoms with van der Waals surface area (Å²) in [6.45, 7) is 0.861. The van der Waals surface area contributed by atoms with Gasteiger partial charge in [0.25, 0.3) is 0 Å². The Bertz CT molecular complexity index is 559. The molecule has 1 atom stereocenters. The smallest absolute Gasteiger partial charge is 0.146 e. The van der Waals surface area contributed by atoms with E-state index < -0.39 is 0 Å². The molecule has 0 bridgehead atoms. The first-order valence-corrected chi connectivity index (χ1v) is 7.32. The molecule has 0 saturated carbocycles. The molecule has 0 aromatic heterocycles. The third-order valence-electron chi connectivity index (χ3n) is 3.46. The third-order valence-corrected chi connectivity index (χ3v) is 4.76. The number of fused-ring (bicyclic) bond motifs is 1. The van der Waals surface area contributed by atoms with Crippen LogP contribution in [0.15, 0.2) is 53.4 Å². The fourth-order valence-corrected chi connectivity index (χ4v) is 3.90. The van der Waals surface area contributed by atoms with Crippen LogP contribution in [-0.2, 0) is 6.42 Å². The second-order valence-corrected chi connectivity index (χ2v) is 6.23. The molecule has 98 valence electrons. The molecule has 2 aromatic carbocycles. The molecule has 0 amide bonds. The molecular weight excluding hydrogens is 257 g/mol. The molecule has 1 aliphatic heterocycles. The maximum Gasteiger partial charge on any atom is 0.146 e. The van der Waals surface area contributed by atoms with Crippen molar-refractivity contribution < 1.29 is 4.39 Å². The van der Waals surface area contributed by atoms with Gasteiger partial charge in [-0.05, 0) is 30.2 Å². The Morgan fingerprint density at radius 1 is 1.16 bits per heavy atom. The Hall–Kier alpha value is -1.48. The van der Waals surface area contributed by atoms with Crippen LogP contribution >= 0.6 is 11.8 Å². The summed E-state index contributed by atoms with van der Waals surface area (Å²) in [7, 11) is 1.96. The predicted molar refractivity (Wildman–Crippen MR) is 79.5 cm³/mol. The zero-order valence-corrected chi connectivity index (χ0v) is 11.7. The zero-order valence-electron chi connectivity index (χ0n) is 10.8. The Balaban J connectivity index is 1.69. The van der Waals surface area contributed by atoms with Gasteiger partial charge in [-0.1, -0.05) is 30.3 Å². The first kappa shape index (κ1) is 12.5. The van der Waals surface area contributed by atoms with Crippen molar-refractivity contribution in [1.29, 1.82) is 0 Å². The van der Waals surface area contributed by atoms with Crippen LogP contribution in [0.25, 0.3) is 0 Å². The van der Waals surface area contributed by atoms with E-state index in [0.29, 0.717) is 10.9 Å². The minimum atomic E-state index is -0.148. The topological polar surface area (TPSA) is 3.24 Å². The van der Waals surface area contributed by atoms with E-state index in [-0.39, 0.29) is 5.82 Å². The highest BCUT2D eigenvalue weighted by molar-refractivity contribution is 8.00. The van der Waals surface area contributed by atoms with Crippen molar-refractivity contribution in [2.45, 2.75) is 16.6 Å². The fraction of sp³-hybridized carbons (Fsp3) is 0.250. The van der Waals surface area contributed by atoms with Crippen LogP contribution in [0.2, 0.25) is 0 Å². The Morgan fingerprint density at radius 3 is 2.68 bits per heavy atom. The van der Waals surface area contributed by atoms with Crippen molar-refractivity contribution in [3.63, 3.8) is 0 Å². The van der Waals surface area contributed by atoms with Gasteiger partial charge < -0.3 is 4.90 Å². The van der Waals surface area contributed by atoms with Crippen LogP contribution in [0.1, 0.15) is 5.56 Å². The van der Waals surface area contributed by atoms with Crippen molar-refractivity contribution in [1.82, 2.24) is 0 Å². The van der Waals surface area contributed by atoms with Crippen LogP contribution in [0.4, 0.5) is 10.1 Å². The maximum atomic E-state index is 13.7. The van der Waals surface area contributed by atoms with Gasteiger partial charge in [-0.15, -0.1) is 11.8 Å². The molecule has 3 rings (SSSR count). The lowest BCUT2D eigenvalue weighted by Gasteiger charge is -2.23. The van der Waals surface area contributed by atoms with E-state index in [4.69, 9.17) is 0 Å². The second-order valence-electron chi connectivity index (χ2n) is 4.88. The number of hydrogen-bond donors (Lipinski definition) is 0. The van der Waals surface area contributed by atoms with Gasteiger partial charge in [0.15, 0.2) is 0 Å². The molecule has 0 spiro atoms. The standard InChI is InChI=1S/C16H16FNS/c1-18(15-8-4-3-7-14(15)17)11-13-10-12-6-2-5-9-16(12)19-13/h2-9,13H,10-11H2,1H3. The summed E-state index contributed by atoms with van der Waals surface area (Å²) in [6, 6.07) is 15.5. The Morgan fingerprint density at radius 2 is 1.89 bits per heavy atom. The van der Waals surface area contributed by atoms with Crippen molar-refractivity contribution in [2.24, 2.45) is 0 Å². The third kappa shape index (κ3) is 2.61. The summed E-state index contributed by atoms with van der Waals surface area (Å²) in [6.07, 6.45) is 1.07. The average molecular weight is 273 g/mol. The average Bonchev–Trinajstić information content (AvgIpc) is 2.81. The minimum absolute atomic E-state index is 0.148. The normalized spacial score (nSPS) is 17.3. The molecule has 1 aliphatic rings. The molecule has 0 N–H and O–H groups in total. The van der Waals surface area contributed by atoms with Gasteiger partial charge in [-0.25, -0.2) is 4.39 Å². The lowest BCUT2D eigenvalue weighted by atomic mass is 10.1. The van der Waals surface area contributed by atoms with Crippen molar-refractivity contribution in [3.05, 3.63) is 59.9 Å². The number of benzene rings is 2. The maximum absolute atomic E-state index is 13.7. The van der Waals surface area contributed by atoms with E-state index in [0.717, 1.165) is 13.0 Å². The van der Waals surface area contributed by atoms with Crippen LogP contribution in [0.5, 0.6) is 0 Å². The van der Waals surface area contributed by atoms with Crippen LogP contribution in [0.3, 0.4) is 0 Å². The van der Waals surface area contributed by atoms with Crippen LogP contribution < -0.4 is 4.90 Å². The fourth-order valence-electron chi connectivity index (χ4n) is 2.52. The van der Waals surface area contributed by atoms with Gasteiger partial charge in [0, 0.05) is 23.7 Å². The summed E-state index contributed by atoms with van der Waals surface area (Å²) in [4.78, 5) is 3.38. The zero-order chi connectivity index (χ0) is 13.2. The summed E-state index contributed by atoms with van der Waals surface area (Å²) >= 11 is 1.90. The molecule has 0 fully saturated rings. The summed E-state index contributed by atoms with van der Waals surface area (Å²) in [5.41, 5.74) is 2.10. The first-order chi connectivity index (χ1) is 9.24. The lowest BCUT2D eigenvalue weighted by Crippen LogP contribution is -2.27. The SMILES string of the molecule is CN(CC1Cc2ccccc2S1)c1ccccc1F. The van der Waals surface area contributed by atoms with Crippen LogP contribution in [0, 0.1) is 5.82 Å². The van der Waals surface area contributed by atoms with E-state index in [9.17, 15) is 4.39 Å². The summed E-state index contributed by atoms with van der Waals surface area (Å²) in [5.74, 6) is -0.148. The van der Waals surface area contributed by atoms with E-state index in [1.807, 2.05) is 35.8 Å². The second kappa shape index (κ2) is 5.25. The molecule has 1 unspecified atom stereocenters. The molecule has 1 heterocycles. The monoisotopic (exact) mass is 273 g/mol. The first-order valence-electron chi connectivity index (χ1n) is 6.44. The van der Waals surface area contributed by atoms with Gasteiger partial charge in [-0.2, -0.15) is 0 Å². The largest absolute Gasteiger partial charge is 0.371 e. The van der Waals surface area contributed by atoms with Crippen molar-refractivity contribution >= 4 is 17.4 Å². The number of thioether (sulfide) groups is 1. The summed E-state index contributed by atoms with van der Waals surface area (Å²) in [5, 5.41) is 0.502. The molecule has 3 heteroatoms. The number of para-hydroxylation sites is 1. The van der Waals surface area contributed by atoms with Gasteiger partial charge in [0.05, 0.1) is 5.69 Å². The highest BCUT2D eigenvalue weighted by Crippen LogP contribution is 2.37. The van der Waals surface area contributed by atoms with E-state index in [1.54, 1.807) is 6.07 Å². The van der Waals surface area contributed by atoms with Crippen molar-refractivity contribution in [3.8, 4) is 0 Å². The van der Waals surface area contributed by atoms with E-state index >= 15 is 0 Å². The quantitative estimate of drug-likeness (QED) is 0.832. The molecular formula is C16H16FNS. The molecule has 0 saturated heterocycles.